The Hall–Kier alpha value is -3.06. The zero-order chi connectivity index (χ0) is 21.7. The molecular formula is C24H31N5O2. The molecule has 164 valence electrons. The van der Waals surface area contributed by atoms with Crippen LogP contribution in [-0.4, -0.2) is 53.6 Å². The van der Waals surface area contributed by atoms with Crippen molar-refractivity contribution in [3.05, 3.63) is 66.0 Å². The molecule has 0 saturated carbocycles. The summed E-state index contributed by atoms with van der Waals surface area (Å²) >= 11 is 0. The fraction of sp³-hybridized carbons (Fsp3) is 0.417. The van der Waals surface area contributed by atoms with Crippen LogP contribution < -0.4 is 10.7 Å². The molecule has 2 heterocycles. The largest absolute Gasteiger partial charge is 0.352 e. The Morgan fingerprint density at radius 3 is 2.55 bits per heavy atom. The van der Waals surface area contributed by atoms with Gasteiger partial charge in [0.1, 0.15) is 0 Å². The van der Waals surface area contributed by atoms with Gasteiger partial charge in [-0.3, -0.25) is 19.5 Å². The molecule has 1 saturated heterocycles. The molecule has 7 heteroatoms. The molecule has 0 bridgehead atoms. The van der Waals surface area contributed by atoms with Crippen LogP contribution in [-0.2, 0) is 4.79 Å². The SMILES string of the molecule is O=C(NCCCCC(C(=O)N/N=C/c1ccccn1)N1CCCCC1)c1ccccc1. The van der Waals surface area contributed by atoms with Crippen molar-refractivity contribution in [2.24, 2.45) is 5.10 Å². The molecule has 1 aromatic heterocycles. The number of hydrogen-bond donors (Lipinski definition) is 2. The van der Waals surface area contributed by atoms with Gasteiger partial charge in [0, 0.05) is 18.3 Å². The summed E-state index contributed by atoms with van der Waals surface area (Å²) in [6.07, 6.45) is 9.13. The van der Waals surface area contributed by atoms with Crippen LogP contribution in [0.25, 0.3) is 0 Å². The van der Waals surface area contributed by atoms with Crippen molar-refractivity contribution < 1.29 is 9.59 Å². The summed E-state index contributed by atoms with van der Waals surface area (Å²) in [7, 11) is 0. The molecule has 1 aromatic carbocycles. The third kappa shape index (κ3) is 7.61. The minimum Gasteiger partial charge on any atom is -0.352 e. The number of rotatable bonds is 10. The zero-order valence-electron chi connectivity index (χ0n) is 17.9. The van der Waals surface area contributed by atoms with Crippen molar-refractivity contribution in [3.63, 3.8) is 0 Å². The van der Waals surface area contributed by atoms with Crippen LogP contribution in [0.5, 0.6) is 0 Å². The molecule has 31 heavy (non-hydrogen) atoms. The summed E-state index contributed by atoms with van der Waals surface area (Å²) < 4.78 is 0. The smallest absolute Gasteiger partial charge is 0.257 e. The normalized spacial score (nSPS) is 15.5. The molecule has 1 unspecified atom stereocenters. The fourth-order valence-corrected chi connectivity index (χ4v) is 3.75. The van der Waals surface area contributed by atoms with Gasteiger partial charge in [-0.25, -0.2) is 5.43 Å². The van der Waals surface area contributed by atoms with Gasteiger partial charge in [0.25, 0.3) is 11.8 Å². The van der Waals surface area contributed by atoms with Gasteiger partial charge in [-0.15, -0.1) is 0 Å². The summed E-state index contributed by atoms with van der Waals surface area (Å²) in [5.41, 5.74) is 4.05. The predicted molar refractivity (Wildman–Crippen MR) is 122 cm³/mol. The number of nitrogens with zero attached hydrogens (tertiary/aromatic N) is 3. The first kappa shape index (κ1) is 22.6. The summed E-state index contributed by atoms with van der Waals surface area (Å²) in [5, 5.41) is 7.04. The van der Waals surface area contributed by atoms with Crippen LogP contribution in [0.4, 0.5) is 0 Å². The number of benzene rings is 1. The number of amides is 2. The van der Waals surface area contributed by atoms with Gasteiger partial charge in [-0.2, -0.15) is 5.10 Å². The van der Waals surface area contributed by atoms with Crippen molar-refractivity contribution in [2.45, 2.75) is 44.6 Å². The second-order valence-corrected chi connectivity index (χ2v) is 7.72. The van der Waals surface area contributed by atoms with Gasteiger partial charge in [-0.05, 0) is 69.5 Å². The number of carbonyl (C=O) groups excluding carboxylic acids is 2. The van der Waals surface area contributed by atoms with E-state index in [0.29, 0.717) is 17.8 Å². The molecule has 1 aliphatic rings. The van der Waals surface area contributed by atoms with E-state index in [-0.39, 0.29) is 17.9 Å². The second kappa shape index (κ2) is 12.6. The minimum atomic E-state index is -0.203. The van der Waals surface area contributed by atoms with Gasteiger partial charge >= 0.3 is 0 Å². The van der Waals surface area contributed by atoms with Gasteiger partial charge in [0.2, 0.25) is 0 Å². The molecule has 0 spiro atoms. The number of unbranched alkanes of at least 4 members (excludes halogenated alkanes) is 1. The maximum absolute atomic E-state index is 12.8. The molecule has 7 nitrogen and oxygen atoms in total. The number of aromatic nitrogens is 1. The van der Waals surface area contributed by atoms with Crippen molar-refractivity contribution in [1.29, 1.82) is 0 Å². The van der Waals surface area contributed by atoms with Gasteiger partial charge in [0.05, 0.1) is 18.0 Å². The summed E-state index contributed by atoms with van der Waals surface area (Å²) in [6, 6.07) is 14.6. The molecule has 2 aromatic rings. The molecule has 1 aliphatic heterocycles. The van der Waals surface area contributed by atoms with Crippen molar-refractivity contribution >= 4 is 18.0 Å². The van der Waals surface area contributed by atoms with Crippen molar-refractivity contribution in [3.8, 4) is 0 Å². The molecule has 0 radical (unpaired) electrons. The number of nitrogens with one attached hydrogen (secondary N) is 2. The van der Waals surface area contributed by atoms with E-state index >= 15 is 0 Å². The van der Waals surface area contributed by atoms with E-state index in [1.807, 2.05) is 36.4 Å². The molecule has 1 atom stereocenters. The Morgan fingerprint density at radius 2 is 1.81 bits per heavy atom. The lowest BCUT2D eigenvalue weighted by Crippen LogP contribution is -2.47. The number of pyridine rings is 1. The van der Waals surface area contributed by atoms with Crippen LogP contribution >= 0.6 is 0 Å². The van der Waals surface area contributed by atoms with Gasteiger partial charge in [0.15, 0.2) is 0 Å². The average Bonchev–Trinajstić information content (AvgIpc) is 2.83. The number of carbonyl (C=O) groups is 2. The number of likely N-dealkylation sites (tertiary alicyclic amines) is 1. The zero-order valence-corrected chi connectivity index (χ0v) is 17.9. The molecule has 0 aliphatic carbocycles. The van der Waals surface area contributed by atoms with Crippen molar-refractivity contribution in [1.82, 2.24) is 20.6 Å². The highest BCUT2D eigenvalue weighted by molar-refractivity contribution is 5.94. The first-order chi connectivity index (χ1) is 15.2. The Morgan fingerprint density at radius 1 is 1.03 bits per heavy atom. The van der Waals surface area contributed by atoms with E-state index < -0.39 is 0 Å². The van der Waals surface area contributed by atoms with E-state index in [9.17, 15) is 9.59 Å². The maximum atomic E-state index is 12.8. The lowest BCUT2D eigenvalue weighted by molar-refractivity contribution is -0.127. The first-order valence-corrected chi connectivity index (χ1v) is 11.1. The van der Waals surface area contributed by atoms with Crippen LogP contribution in [0.15, 0.2) is 59.8 Å². The number of hydrogen-bond acceptors (Lipinski definition) is 5. The summed E-state index contributed by atoms with van der Waals surface area (Å²) in [5.74, 6) is -0.141. The Bertz CT molecular complexity index is 836. The Balaban J connectivity index is 1.46. The monoisotopic (exact) mass is 421 g/mol. The minimum absolute atomic E-state index is 0.0604. The lowest BCUT2D eigenvalue weighted by atomic mass is 10.0. The average molecular weight is 422 g/mol. The highest BCUT2D eigenvalue weighted by Crippen LogP contribution is 2.16. The topological polar surface area (TPSA) is 86.7 Å². The van der Waals surface area contributed by atoms with Crippen LogP contribution in [0.1, 0.15) is 54.6 Å². The highest BCUT2D eigenvalue weighted by atomic mass is 16.2. The molecule has 2 amide bonds. The van der Waals surface area contributed by atoms with Crippen LogP contribution in [0, 0.1) is 0 Å². The lowest BCUT2D eigenvalue weighted by Gasteiger charge is -2.33. The van der Waals surface area contributed by atoms with Crippen LogP contribution in [0.3, 0.4) is 0 Å². The standard InChI is InChI=1S/C24H31N5O2/c30-23(20-11-3-1-4-12-20)26-16-8-6-14-22(29-17-9-2-10-18-29)24(31)28-27-19-21-13-5-7-15-25-21/h1,3-5,7,11-13,15,19,22H,2,6,8-10,14,16-18H2,(H,26,30)(H,28,31)/b27-19+. The molecule has 2 N–H and O–H groups in total. The van der Waals surface area contributed by atoms with E-state index in [0.717, 1.165) is 45.2 Å². The van der Waals surface area contributed by atoms with Crippen molar-refractivity contribution in [2.75, 3.05) is 19.6 Å². The Kier molecular flexibility index (Phi) is 9.19. The van der Waals surface area contributed by atoms with E-state index in [1.54, 1.807) is 24.5 Å². The third-order valence-corrected chi connectivity index (χ3v) is 5.42. The third-order valence-electron chi connectivity index (χ3n) is 5.42. The summed E-state index contributed by atoms with van der Waals surface area (Å²) in [4.78, 5) is 31.4. The van der Waals surface area contributed by atoms with E-state index in [1.165, 1.54) is 6.42 Å². The maximum Gasteiger partial charge on any atom is 0.257 e. The predicted octanol–water partition coefficient (Wildman–Crippen LogP) is 2.99. The quantitative estimate of drug-likeness (QED) is 0.351. The molecule has 1 fully saturated rings. The highest BCUT2D eigenvalue weighted by Gasteiger charge is 2.26. The number of piperidine rings is 1. The molecule has 3 rings (SSSR count). The second-order valence-electron chi connectivity index (χ2n) is 7.72. The van der Waals surface area contributed by atoms with E-state index in [4.69, 9.17) is 0 Å². The molecular weight excluding hydrogens is 390 g/mol. The summed E-state index contributed by atoms with van der Waals surface area (Å²) in [6.45, 7) is 2.47. The fourth-order valence-electron chi connectivity index (χ4n) is 3.75. The number of hydrazone groups is 1. The van der Waals surface area contributed by atoms with Gasteiger partial charge in [-0.1, -0.05) is 30.7 Å². The first-order valence-electron chi connectivity index (χ1n) is 11.1. The van der Waals surface area contributed by atoms with Crippen LogP contribution in [0.2, 0.25) is 0 Å². The Labute approximate surface area is 183 Å². The van der Waals surface area contributed by atoms with E-state index in [2.05, 4.69) is 25.7 Å². The van der Waals surface area contributed by atoms with Gasteiger partial charge < -0.3 is 5.32 Å².